The topological polar surface area (TPSA) is 199 Å². The van der Waals surface area contributed by atoms with E-state index in [0.717, 1.165) is 29.9 Å². The van der Waals surface area contributed by atoms with E-state index in [4.69, 9.17) is 37.9 Å². The second kappa shape index (κ2) is 9.85. The van der Waals surface area contributed by atoms with Gasteiger partial charge < -0.3 is 38.1 Å². The van der Waals surface area contributed by atoms with Crippen LogP contribution in [0.4, 0.5) is 23.5 Å². The molecule has 0 spiro atoms. The van der Waals surface area contributed by atoms with Gasteiger partial charge in [-0.25, -0.2) is 0 Å². The maximum atomic E-state index is 11.6. The van der Waals surface area contributed by atoms with Crippen molar-refractivity contribution in [2.75, 3.05) is 41.3 Å². The Morgan fingerprint density at radius 3 is 1.78 bits per heavy atom. The van der Waals surface area contributed by atoms with Gasteiger partial charge in [-0.15, -0.1) is 0 Å². The summed E-state index contributed by atoms with van der Waals surface area (Å²) in [5.74, 6) is 1.42. The summed E-state index contributed by atoms with van der Waals surface area (Å²) >= 11 is 0. The molecule has 4 unspecified atom stereocenters. The Bertz CT molecular complexity index is 1190. The molecule has 192 valence electrons. The number of aromatic amines is 1. The number of nitrogens with zero attached hydrogens (tertiary/aromatic N) is 6. The lowest BCUT2D eigenvalue weighted by Crippen LogP contribution is -2.54. The van der Waals surface area contributed by atoms with Crippen LogP contribution in [-0.2, 0) is 0 Å². The predicted octanol–water partition coefficient (Wildman–Crippen LogP) is -0.868. The van der Waals surface area contributed by atoms with Crippen LogP contribution in [0.2, 0.25) is 0 Å². The van der Waals surface area contributed by atoms with E-state index in [0.29, 0.717) is 44.0 Å². The average molecular weight is 495 g/mol. The molecule has 0 radical (unpaired) electrons. The third-order valence-electron chi connectivity index (χ3n) is 6.50. The van der Waals surface area contributed by atoms with E-state index in [-0.39, 0.29) is 29.7 Å². The number of H-pyrrole nitrogens is 1. The minimum atomic E-state index is -0.144. The van der Waals surface area contributed by atoms with E-state index < -0.39 is 0 Å². The molecular weight excluding hydrogens is 460 g/mol. The van der Waals surface area contributed by atoms with Gasteiger partial charge in [-0.3, -0.25) is 14.6 Å². The van der Waals surface area contributed by atoms with Crippen LogP contribution in [0.25, 0.3) is 5.69 Å². The second-order valence-electron chi connectivity index (χ2n) is 9.85. The second-order valence-corrected chi connectivity index (χ2v) is 9.85. The number of nitrogens with one attached hydrogen (secondary N) is 2. The molecule has 0 aliphatic carbocycles. The van der Waals surface area contributed by atoms with Gasteiger partial charge in [0.25, 0.3) is 5.56 Å². The molecule has 0 amide bonds. The molecule has 3 aromatic rings. The molecule has 2 saturated heterocycles. The van der Waals surface area contributed by atoms with Crippen LogP contribution in [0.1, 0.15) is 18.5 Å². The molecule has 0 bridgehead atoms. The molecule has 5 rings (SSSR count). The van der Waals surface area contributed by atoms with E-state index in [9.17, 15) is 4.79 Å². The van der Waals surface area contributed by atoms with Crippen LogP contribution in [0.3, 0.4) is 0 Å². The maximum absolute atomic E-state index is 11.6. The van der Waals surface area contributed by atoms with Crippen molar-refractivity contribution in [3.8, 4) is 5.69 Å². The minimum absolute atomic E-state index is 0.0571. The lowest BCUT2D eigenvalue weighted by atomic mass is 10.0. The number of anilines is 4. The molecule has 2 aromatic heterocycles. The first kappa shape index (κ1) is 24.2. The van der Waals surface area contributed by atoms with E-state index >= 15 is 0 Å². The first-order valence-electron chi connectivity index (χ1n) is 12.2. The Morgan fingerprint density at radius 1 is 0.833 bits per heavy atom. The largest absolute Gasteiger partial charge is 0.338 e. The lowest BCUT2D eigenvalue weighted by Gasteiger charge is -2.37. The predicted molar refractivity (Wildman–Crippen MR) is 140 cm³/mol. The molecule has 1 aromatic carbocycles. The van der Waals surface area contributed by atoms with Gasteiger partial charge in [-0.2, -0.15) is 15.0 Å². The standard InChI is InChI=1S/C23H34N12O/c1-13-6-20(36)32-35(13)19-4-2-18(3-5-19)28-21-29-22(33-9-14(24)7-15(25)10-33)31-23(30-21)34-11-16(26)8-17(27)12-34/h2-6,14-17H,7-12,24-27H2,1H3,(H,32,36)(H,28,29,30,31). The number of piperidine rings is 2. The van der Waals surface area contributed by atoms with Gasteiger partial charge in [0.05, 0.1) is 5.69 Å². The Kier molecular flexibility index (Phi) is 6.62. The van der Waals surface area contributed by atoms with Crippen LogP contribution < -0.4 is 43.6 Å². The van der Waals surface area contributed by atoms with E-state index in [1.807, 2.05) is 41.0 Å². The van der Waals surface area contributed by atoms with Gasteiger partial charge in [-0.1, -0.05) is 0 Å². The van der Waals surface area contributed by atoms with Crippen molar-refractivity contribution in [1.29, 1.82) is 0 Å². The van der Waals surface area contributed by atoms with Crippen LogP contribution in [0.5, 0.6) is 0 Å². The van der Waals surface area contributed by atoms with Crippen molar-refractivity contribution in [3.05, 3.63) is 46.4 Å². The normalized spacial score (nSPS) is 24.7. The zero-order valence-corrected chi connectivity index (χ0v) is 20.3. The van der Waals surface area contributed by atoms with E-state index in [1.54, 1.807) is 10.7 Å². The summed E-state index contributed by atoms with van der Waals surface area (Å²) in [7, 11) is 0. The molecule has 2 aliphatic rings. The van der Waals surface area contributed by atoms with Gasteiger partial charge in [-0.05, 0) is 44.0 Å². The quantitative estimate of drug-likeness (QED) is 0.258. The van der Waals surface area contributed by atoms with Gasteiger partial charge in [0, 0.05) is 67.8 Å². The lowest BCUT2D eigenvalue weighted by molar-refractivity contribution is 0.441. The molecule has 2 aliphatic heterocycles. The maximum Gasteiger partial charge on any atom is 0.264 e. The van der Waals surface area contributed by atoms with Crippen molar-refractivity contribution < 1.29 is 0 Å². The first-order chi connectivity index (χ1) is 17.2. The number of aromatic nitrogens is 5. The third kappa shape index (κ3) is 5.33. The number of nitrogens with two attached hydrogens (primary N) is 4. The molecule has 13 heteroatoms. The number of hydrogen-bond donors (Lipinski definition) is 6. The van der Waals surface area contributed by atoms with Crippen LogP contribution in [0, 0.1) is 6.92 Å². The number of benzene rings is 1. The molecular formula is C23H34N12O. The molecule has 36 heavy (non-hydrogen) atoms. The SMILES string of the molecule is Cc1cc(=O)[nH]n1-c1ccc(Nc2nc(N3CC(N)CC(N)C3)nc(N3CC(N)CC(N)C3)n2)cc1. The minimum Gasteiger partial charge on any atom is -0.338 e. The summed E-state index contributed by atoms with van der Waals surface area (Å²) < 4.78 is 1.73. The van der Waals surface area contributed by atoms with Crippen LogP contribution in [0.15, 0.2) is 35.1 Å². The summed E-state index contributed by atoms with van der Waals surface area (Å²) in [4.78, 5) is 29.8. The van der Waals surface area contributed by atoms with E-state index in [1.165, 1.54) is 0 Å². The summed E-state index contributed by atoms with van der Waals surface area (Å²) in [6, 6.07) is 8.93. The van der Waals surface area contributed by atoms with Gasteiger partial charge >= 0.3 is 0 Å². The molecule has 0 saturated carbocycles. The van der Waals surface area contributed by atoms with Crippen molar-refractivity contribution >= 4 is 23.5 Å². The van der Waals surface area contributed by atoms with Crippen molar-refractivity contribution in [2.24, 2.45) is 22.9 Å². The highest BCUT2D eigenvalue weighted by Crippen LogP contribution is 2.24. The number of rotatable bonds is 5. The van der Waals surface area contributed by atoms with Crippen LogP contribution >= 0.6 is 0 Å². The fourth-order valence-corrected chi connectivity index (χ4v) is 4.95. The highest BCUT2D eigenvalue weighted by Gasteiger charge is 2.28. The number of aryl methyl sites for hydroxylation is 1. The van der Waals surface area contributed by atoms with E-state index in [2.05, 4.69) is 10.4 Å². The van der Waals surface area contributed by atoms with Crippen molar-refractivity contribution in [1.82, 2.24) is 24.7 Å². The number of hydrogen-bond acceptors (Lipinski definition) is 11. The molecule has 10 N–H and O–H groups in total. The Labute approximate surface area is 208 Å². The van der Waals surface area contributed by atoms with Gasteiger partial charge in [0.15, 0.2) is 0 Å². The Morgan fingerprint density at radius 2 is 1.33 bits per heavy atom. The summed E-state index contributed by atoms with van der Waals surface area (Å²) in [6.07, 6.45) is 1.52. The van der Waals surface area contributed by atoms with Crippen molar-refractivity contribution in [2.45, 2.75) is 43.9 Å². The van der Waals surface area contributed by atoms with Gasteiger partial charge in [0.2, 0.25) is 17.8 Å². The fourth-order valence-electron chi connectivity index (χ4n) is 4.95. The summed E-state index contributed by atoms with van der Waals surface area (Å²) in [5.41, 5.74) is 27.2. The first-order valence-corrected chi connectivity index (χ1v) is 12.2. The van der Waals surface area contributed by atoms with Crippen molar-refractivity contribution in [3.63, 3.8) is 0 Å². The summed E-state index contributed by atoms with van der Waals surface area (Å²) in [6.45, 7) is 4.31. The van der Waals surface area contributed by atoms with Crippen LogP contribution in [-0.4, -0.2) is 75.1 Å². The smallest absolute Gasteiger partial charge is 0.264 e. The highest BCUT2D eigenvalue weighted by atomic mass is 16.1. The summed E-state index contributed by atoms with van der Waals surface area (Å²) in [5, 5.41) is 6.07. The molecule has 4 heterocycles. The molecule has 13 nitrogen and oxygen atoms in total. The Hall–Kier alpha value is -3.52. The Balaban J connectivity index is 1.44. The van der Waals surface area contributed by atoms with Gasteiger partial charge in [0.1, 0.15) is 0 Å². The molecule has 2 fully saturated rings. The third-order valence-corrected chi connectivity index (χ3v) is 6.50. The zero-order valence-electron chi connectivity index (χ0n) is 20.3. The molecule has 4 atom stereocenters. The zero-order chi connectivity index (χ0) is 25.4. The highest BCUT2D eigenvalue weighted by molar-refractivity contribution is 5.58. The average Bonchev–Trinajstić information content (AvgIpc) is 3.16. The fraction of sp³-hybridized carbons (Fsp3) is 0.478. The monoisotopic (exact) mass is 494 g/mol.